The normalized spacial score (nSPS) is 11.3. The Morgan fingerprint density at radius 2 is 1.86 bits per heavy atom. The Labute approximate surface area is 129 Å². The van der Waals surface area contributed by atoms with E-state index in [0.29, 0.717) is 11.2 Å². The van der Waals surface area contributed by atoms with E-state index >= 15 is 0 Å². The molecule has 0 saturated carbocycles. The molecule has 0 N–H and O–H groups in total. The van der Waals surface area contributed by atoms with Crippen molar-refractivity contribution in [3.05, 3.63) is 63.8 Å². The maximum atomic E-state index is 12.5. The standard InChI is InChI=1S/C16H12N4OS/c1-10-14(19-12-5-3-2-4-11(12)18-10)8-20-9-17-13-6-7-22-15(13)16(20)21/h2-7,9H,8H2,1H3. The van der Waals surface area contributed by atoms with Crippen molar-refractivity contribution in [3.63, 3.8) is 0 Å². The van der Waals surface area contributed by atoms with Crippen LogP contribution >= 0.6 is 11.3 Å². The smallest absolute Gasteiger partial charge is 0.271 e. The fourth-order valence-corrected chi connectivity index (χ4v) is 3.22. The molecule has 3 aromatic heterocycles. The zero-order chi connectivity index (χ0) is 15.1. The van der Waals surface area contributed by atoms with Crippen molar-refractivity contribution in [1.29, 1.82) is 0 Å². The fraction of sp³-hybridized carbons (Fsp3) is 0.125. The second-order valence-corrected chi connectivity index (χ2v) is 5.97. The molecule has 0 aliphatic heterocycles. The van der Waals surface area contributed by atoms with Gasteiger partial charge in [0.15, 0.2) is 0 Å². The minimum Gasteiger partial charge on any atom is -0.292 e. The lowest BCUT2D eigenvalue weighted by Gasteiger charge is -2.08. The summed E-state index contributed by atoms with van der Waals surface area (Å²) in [5.41, 5.74) is 4.03. The highest BCUT2D eigenvalue weighted by molar-refractivity contribution is 7.17. The van der Waals surface area contributed by atoms with Gasteiger partial charge in [-0.1, -0.05) is 12.1 Å². The Morgan fingerprint density at radius 3 is 2.68 bits per heavy atom. The third kappa shape index (κ3) is 2.08. The number of hydrogen-bond acceptors (Lipinski definition) is 5. The summed E-state index contributed by atoms with van der Waals surface area (Å²) in [6.07, 6.45) is 1.58. The molecule has 22 heavy (non-hydrogen) atoms. The van der Waals surface area contributed by atoms with E-state index in [0.717, 1.165) is 27.9 Å². The van der Waals surface area contributed by atoms with Gasteiger partial charge in [0.05, 0.1) is 40.8 Å². The number of fused-ring (bicyclic) bond motifs is 2. The van der Waals surface area contributed by atoms with Crippen LogP contribution in [0, 0.1) is 6.92 Å². The topological polar surface area (TPSA) is 60.7 Å². The van der Waals surface area contributed by atoms with E-state index in [9.17, 15) is 4.79 Å². The summed E-state index contributed by atoms with van der Waals surface area (Å²) < 4.78 is 2.26. The van der Waals surface area contributed by atoms with Crippen molar-refractivity contribution in [2.45, 2.75) is 13.5 Å². The summed E-state index contributed by atoms with van der Waals surface area (Å²) in [7, 11) is 0. The highest BCUT2D eigenvalue weighted by Crippen LogP contribution is 2.15. The van der Waals surface area contributed by atoms with E-state index in [2.05, 4.69) is 15.0 Å². The monoisotopic (exact) mass is 308 g/mol. The van der Waals surface area contributed by atoms with Gasteiger partial charge in [0.2, 0.25) is 0 Å². The first-order valence-electron chi connectivity index (χ1n) is 6.87. The van der Waals surface area contributed by atoms with Crippen molar-refractivity contribution in [2.75, 3.05) is 0 Å². The first-order chi connectivity index (χ1) is 10.7. The number of aromatic nitrogens is 4. The van der Waals surface area contributed by atoms with Crippen LogP contribution in [0.15, 0.2) is 46.8 Å². The number of rotatable bonds is 2. The molecule has 4 aromatic rings. The highest BCUT2D eigenvalue weighted by atomic mass is 32.1. The molecule has 0 unspecified atom stereocenters. The molecule has 3 heterocycles. The van der Waals surface area contributed by atoms with Gasteiger partial charge in [-0.3, -0.25) is 9.36 Å². The van der Waals surface area contributed by atoms with E-state index in [-0.39, 0.29) is 5.56 Å². The molecule has 0 atom stereocenters. The van der Waals surface area contributed by atoms with E-state index < -0.39 is 0 Å². The van der Waals surface area contributed by atoms with Crippen LogP contribution in [0.4, 0.5) is 0 Å². The Kier molecular flexibility index (Phi) is 2.97. The quantitative estimate of drug-likeness (QED) is 0.571. The maximum absolute atomic E-state index is 12.5. The third-order valence-electron chi connectivity index (χ3n) is 3.60. The van der Waals surface area contributed by atoms with Gasteiger partial charge in [-0.15, -0.1) is 11.3 Å². The average molecular weight is 308 g/mol. The summed E-state index contributed by atoms with van der Waals surface area (Å²) in [4.78, 5) is 26.0. The maximum Gasteiger partial charge on any atom is 0.271 e. The second-order valence-electron chi connectivity index (χ2n) is 5.06. The van der Waals surface area contributed by atoms with Crippen molar-refractivity contribution in [1.82, 2.24) is 19.5 Å². The number of nitrogens with zero attached hydrogens (tertiary/aromatic N) is 4. The van der Waals surface area contributed by atoms with Gasteiger partial charge in [0.1, 0.15) is 4.70 Å². The summed E-state index contributed by atoms with van der Waals surface area (Å²) in [5, 5.41) is 1.88. The molecule has 0 saturated heterocycles. The highest BCUT2D eigenvalue weighted by Gasteiger charge is 2.09. The SMILES string of the molecule is Cc1nc2ccccc2nc1Cn1cnc2ccsc2c1=O. The van der Waals surface area contributed by atoms with Crippen molar-refractivity contribution >= 4 is 32.6 Å². The molecule has 0 fully saturated rings. The van der Waals surface area contributed by atoms with Gasteiger partial charge in [0, 0.05) is 0 Å². The Bertz CT molecular complexity index is 1050. The van der Waals surface area contributed by atoms with Gasteiger partial charge >= 0.3 is 0 Å². The van der Waals surface area contributed by atoms with Crippen LogP contribution in [0.2, 0.25) is 0 Å². The van der Waals surface area contributed by atoms with Gasteiger partial charge in [0.25, 0.3) is 5.56 Å². The molecule has 4 rings (SSSR count). The summed E-state index contributed by atoms with van der Waals surface area (Å²) in [6, 6.07) is 9.59. The minimum absolute atomic E-state index is 0.0330. The molecule has 0 aliphatic rings. The molecular formula is C16H12N4OS. The summed E-state index contributed by atoms with van der Waals surface area (Å²) >= 11 is 1.41. The van der Waals surface area contributed by atoms with Gasteiger partial charge in [-0.2, -0.15) is 0 Å². The zero-order valence-corrected chi connectivity index (χ0v) is 12.7. The predicted molar refractivity (Wildman–Crippen MR) is 87.3 cm³/mol. The number of thiophene rings is 1. The van der Waals surface area contributed by atoms with Crippen LogP contribution in [0.1, 0.15) is 11.4 Å². The largest absolute Gasteiger partial charge is 0.292 e. The number of benzene rings is 1. The van der Waals surface area contributed by atoms with Gasteiger partial charge in [-0.05, 0) is 30.5 Å². The molecule has 5 nitrogen and oxygen atoms in total. The Balaban J connectivity index is 1.83. The van der Waals surface area contributed by atoms with E-state index in [4.69, 9.17) is 0 Å². The number of para-hydroxylation sites is 2. The molecule has 0 bridgehead atoms. The molecule has 108 valence electrons. The van der Waals surface area contributed by atoms with E-state index in [1.807, 2.05) is 42.6 Å². The molecular weight excluding hydrogens is 296 g/mol. The lowest BCUT2D eigenvalue weighted by atomic mass is 10.2. The fourth-order valence-electron chi connectivity index (χ4n) is 2.43. The first kappa shape index (κ1) is 13.1. The third-order valence-corrected chi connectivity index (χ3v) is 4.49. The number of hydrogen-bond donors (Lipinski definition) is 0. The second kappa shape index (κ2) is 4.99. The van der Waals surface area contributed by atoms with E-state index in [1.165, 1.54) is 11.3 Å². The van der Waals surface area contributed by atoms with Crippen LogP contribution < -0.4 is 5.56 Å². The van der Waals surface area contributed by atoms with Crippen LogP contribution in [0.3, 0.4) is 0 Å². The molecule has 0 spiro atoms. The Hall–Kier alpha value is -2.60. The molecule has 1 aromatic carbocycles. The van der Waals surface area contributed by atoms with Crippen molar-refractivity contribution in [2.24, 2.45) is 0 Å². The molecule has 0 amide bonds. The average Bonchev–Trinajstić information content (AvgIpc) is 3.00. The lowest BCUT2D eigenvalue weighted by molar-refractivity contribution is 0.724. The summed E-state index contributed by atoms with van der Waals surface area (Å²) in [5.74, 6) is 0. The molecule has 6 heteroatoms. The minimum atomic E-state index is -0.0330. The zero-order valence-electron chi connectivity index (χ0n) is 11.9. The van der Waals surface area contributed by atoms with Gasteiger partial charge in [-0.25, -0.2) is 15.0 Å². The van der Waals surface area contributed by atoms with Crippen LogP contribution in [0.25, 0.3) is 21.3 Å². The van der Waals surface area contributed by atoms with Crippen LogP contribution in [-0.2, 0) is 6.54 Å². The first-order valence-corrected chi connectivity index (χ1v) is 7.75. The van der Waals surface area contributed by atoms with Crippen LogP contribution in [-0.4, -0.2) is 19.5 Å². The van der Waals surface area contributed by atoms with Crippen molar-refractivity contribution in [3.8, 4) is 0 Å². The lowest BCUT2D eigenvalue weighted by Crippen LogP contribution is -2.21. The molecule has 0 radical (unpaired) electrons. The van der Waals surface area contributed by atoms with Crippen molar-refractivity contribution < 1.29 is 0 Å². The number of aryl methyl sites for hydroxylation is 1. The van der Waals surface area contributed by atoms with Crippen LogP contribution in [0.5, 0.6) is 0 Å². The van der Waals surface area contributed by atoms with E-state index in [1.54, 1.807) is 10.9 Å². The summed E-state index contributed by atoms with van der Waals surface area (Å²) in [6.45, 7) is 2.29. The van der Waals surface area contributed by atoms with Gasteiger partial charge < -0.3 is 0 Å². The Morgan fingerprint density at radius 1 is 1.09 bits per heavy atom. The predicted octanol–water partition coefficient (Wildman–Crippen LogP) is 2.76. The molecule has 0 aliphatic carbocycles.